The summed E-state index contributed by atoms with van der Waals surface area (Å²) in [7, 11) is 0. The van der Waals surface area contributed by atoms with Crippen molar-refractivity contribution >= 4 is 62.5 Å². The minimum absolute atomic E-state index is 0.103. The number of carbonyl (C=O) groups is 1. The second kappa shape index (κ2) is 12.3. The third kappa shape index (κ3) is 6.04. The van der Waals surface area contributed by atoms with Crippen LogP contribution in [0.2, 0.25) is 10.0 Å². The van der Waals surface area contributed by atoms with E-state index >= 15 is 0 Å². The van der Waals surface area contributed by atoms with E-state index < -0.39 is 17.8 Å². The lowest BCUT2D eigenvalue weighted by Gasteiger charge is -2.24. The first-order chi connectivity index (χ1) is 19.7. The molecule has 0 saturated carbocycles. The summed E-state index contributed by atoms with van der Waals surface area (Å²) in [6, 6.07) is 15.9. The number of hydrogen-bond acceptors (Lipinski definition) is 6. The maximum absolute atomic E-state index is 14.3. The minimum Gasteiger partial charge on any atom is -0.488 e. The Bertz CT molecular complexity index is 1850. The first kappa shape index (κ1) is 29.3. The van der Waals surface area contributed by atoms with E-state index in [0.717, 1.165) is 4.47 Å². The van der Waals surface area contributed by atoms with Gasteiger partial charge in [-0.05, 0) is 68.0 Å². The molecular formula is C30H22BrCl2FN2O4S. The molecule has 1 aromatic heterocycles. The van der Waals surface area contributed by atoms with Gasteiger partial charge in [0.05, 0.1) is 33.5 Å². The fourth-order valence-electron chi connectivity index (χ4n) is 4.48. The van der Waals surface area contributed by atoms with E-state index in [4.69, 9.17) is 32.7 Å². The Morgan fingerprint density at radius 1 is 1.17 bits per heavy atom. The molecule has 11 heteroatoms. The van der Waals surface area contributed by atoms with Gasteiger partial charge in [0.1, 0.15) is 18.2 Å². The molecule has 1 aliphatic rings. The third-order valence-corrected chi connectivity index (χ3v) is 8.48. The number of thiazole rings is 1. The van der Waals surface area contributed by atoms with E-state index in [2.05, 4.69) is 20.9 Å². The molecule has 1 aliphatic heterocycles. The van der Waals surface area contributed by atoms with Gasteiger partial charge in [-0.1, -0.05) is 68.7 Å². The number of esters is 1. The molecular weight excluding hydrogens is 654 g/mol. The van der Waals surface area contributed by atoms with Crippen molar-refractivity contribution in [2.24, 2.45) is 4.99 Å². The number of aromatic nitrogens is 1. The molecule has 210 valence electrons. The number of benzene rings is 3. The topological polar surface area (TPSA) is 69.9 Å². The zero-order valence-electron chi connectivity index (χ0n) is 21.8. The van der Waals surface area contributed by atoms with Crippen LogP contribution >= 0.6 is 50.5 Å². The Labute approximate surface area is 257 Å². The first-order valence-electron chi connectivity index (χ1n) is 12.5. The summed E-state index contributed by atoms with van der Waals surface area (Å²) in [4.78, 5) is 32.0. The largest absolute Gasteiger partial charge is 0.488 e. The average Bonchev–Trinajstić information content (AvgIpc) is 3.23. The van der Waals surface area contributed by atoms with Gasteiger partial charge in [-0.3, -0.25) is 9.36 Å². The van der Waals surface area contributed by atoms with E-state index in [9.17, 15) is 14.0 Å². The molecule has 0 N–H and O–H groups in total. The number of halogens is 4. The highest BCUT2D eigenvalue weighted by Gasteiger charge is 2.33. The standard InChI is InChI=1S/C30H22BrCl2FN2O4S/c1-3-39-29(38)26-16(2)35-30-36(27(26)17-7-10-20(32)11-8-17)28(37)25(41-30)14-18-13-19(31)9-12-24(18)40-15-21-22(33)5-4-6-23(21)34/h4-14,27H,3,15H2,1-2H3/t27-/m0/s1. The normalized spacial score (nSPS) is 15.0. The van der Waals surface area contributed by atoms with Crippen LogP contribution in [0.1, 0.15) is 36.6 Å². The Morgan fingerprint density at radius 2 is 1.93 bits per heavy atom. The first-order valence-corrected chi connectivity index (χ1v) is 14.8. The number of fused-ring (bicyclic) bond motifs is 1. The van der Waals surface area contributed by atoms with Crippen LogP contribution in [0.15, 0.2) is 86.2 Å². The summed E-state index contributed by atoms with van der Waals surface area (Å²) >= 11 is 17.0. The molecule has 6 nitrogen and oxygen atoms in total. The molecule has 0 unspecified atom stereocenters. The maximum Gasteiger partial charge on any atom is 0.338 e. The lowest BCUT2D eigenvalue weighted by Crippen LogP contribution is -2.39. The fourth-order valence-corrected chi connectivity index (χ4v) is 6.24. The van der Waals surface area contributed by atoms with Gasteiger partial charge < -0.3 is 9.47 Å². The van der Waals surface area contributed by atoms with Gasteiger partial charge in [-0.2, -0.15) is 0 Å². The summed E-state index contributed by atoms with van der Waals surface area (Å²) in [6.07, 6.45) is 1.69. The molecule has 0 saturated heterocycles. The van der Waals surface area contributed by atoms with Crippen molar-refractivity contribution < 1.29 is 18.7 Å². The van der Waals surface area contributed by atoms with E-state index in [1.165, 1.54) is 28.0 Å². The molecule has 2 heterocycles. The van der Waals surface area contributed by atoms with Crippen molar-refractivity contribution in [2.45, 2.75) is 26.5 Å². The van der Waals surface area contributed by atoms with Crippen molar-refractivity contribution in [3.63, 3.8) is 0 Å². The predicted octanol–water partition coefficient (Wildman–Crippen LogP) is 6.59. The fraction of sp³-hybridized carbons (Fsp3) is 0.167. The summed E-state index contributed by atoms with van der Waals surface area (Å²) in [5.74, 6) is -0.590. The van der Waals surface area contributed by atoms with Gasteiger partial charge in [-0.25, -0.2) is 14.2 Å². The molecule has 0 fully saturated rings. The Kier molecular flexibility index (Phi) is 8.79. The summed E-state index contributed by atoms with van der Waals surface area (Å²) in [6.45, 7) is 3.52. The van der Waals surface area contributed by atoms with Gasteiger partial charge in [-0.15, -0.1) is 0 Å². The highest BCUT2D eigenvalue weighted by Crippen LogP contribution is 2.32. The van der Waals surface area contributed by atoms with Crippen molar-refractivity contribution in [2.75, 3.05) is 6.61 Å². The Balaban J connectivity index is 1.62. The zero-order chi connectivity index (χ0) is 29.3. The van der Waals surface area contributed by atoms with Crippen molar-refractivity contribution in [3.8, 4) is 5.75 Å². The maximum atomic E-state index is 14.3. The van der Waals surface area contributed by atoms with E-state index in [1.54, 1.807) is 68.5 Å². The molecule has 0 spiro atoms. The molecule has 1 atom stereocenters. The molecule has 0 amide bonds. The number of nitrogens with zero attached hydrogens (tertiary/aromatic N) is 2. The van der Waals surface area contributed by atoms with Crippen molar-refractivity contribution in [1.82, 2.24) is 4.57 Å². The van der Waals surface area contributed by atoms with Crippen LogP contribution in [0.5, 0.6) is 5.75 Å². The Morgan fingerprint density at radius 3 is 2.63 bits per heavy atom. The lowest BCUT2D eigenvalue weighted by molar-refractivity contribution is -0.139. The zero-order valence-corrected chi connectivity index (χ0v) is 25.7. The number of carbonyl (C=O) groups excluding carboxylic acids is 1. The van der Waals surface area contributed by atoms with Crippen molar-refractivity contribution in [3.05, 3.63) is 129 Å². The smallest absolute Gasteiger partial charge is 0.338 e. The number of rotatable bonds is 7. The third-order valence-electron chi connectivity index (χ3n) is 6.39. The second-order valence-electron chi connectivity index (χ2n) is 9.02. The van der Waals surface area contributed by atoms with Crippen LogP contribution < -0.4 is 19.6 Å². The highest BCUT2D eigenvalue weighted by atomic mass is 79.9. The van der Waals surface area contributed by atoms with Crippen LogP contribution in [-0.2, 0) is 16.1 Å². The molecule has 41 heavy (non-hydrogen) atoms. The summed E-state index contributed by atoms with van der Waals surface area (Å²) < 4.78 is 28.3. The van der Waals surface area contributed by atoms with Crippen LogP contribution in [-0.4, -0.2) is 17.1 Å². The van der Waals surface area contributed by atoms with Gasteiger partial charge in [0.25, 0.3) is 5.56 Å². The molecule has 4 aromatic rings. The average molecular weight is 676 g/mol. The van der Waals surface area contributed by atoms with Gasteiger partial charge in [0.2, 0.25) is 0 Å². The molecule has 0 aliphatic carbocycles. The van der Waals surface area contributed by atoms with Crippen molar-refractivity contribution in [1.29, 1.82) is 0 Å². The summed E-state index contributed by atoms with van der Waals surface area (Å²) in [5.41, 5.74) is 1.90. The van der Waals surface area contributed by atoms with E-state index in [0.29, 0.717) is 36.9 Å². The monoisotopic (exact) mass is 674 g/mol. The minimum atomic E-state index is -0.758. The molecule has 3 aromatic carbocycles. The molecule has 0 bridgehead atoms. The number of hydrogen-bond donors (Lipinski definition) is 0. The second-order valence-corrected chi connectivity index (χ2v) is 11.8. The van der Waals surface area contributed by atoms with Crippen LogP contribution in [0, 0.1) is 5.82 Å². The lowest BCUT2D eigenvalue weighted by atomic mass is 9.96. The van der Waals surface area contributed by atoms with E-state index in [-0.39, 0.29) is 34.9 Å². The van der Waals surface area contributed by atoms with Gasteiger partial charge in [0.15, 0.2) is 4.80 Å². The predicted molar refractivity (Wildman–Crippen MR) is 162 cm³/mol. The quantitative estimate of drug-likeness (QED) is 0.208. The Hall–Kier alpha value is -3.24. The van der Waals surface area contributed by atoms with Crippen LogP contribution in [0.3, 0.4) is 0 Å². The van der Waals surface area contributed by atoms with E-state index in [1.807, 2.05) is 0 Å². The van der Waals surface area contributed by atoms with Crippen LogP contribution in [0.4, 0.5) is 4.39 Å². The number of ether oxygens (including phenoxy) is 2. The molecule has 0 radical (unpaired) electrons. The molecule has 5 rings (SSSR count). The SMILES string of the molecule is CCOC(=O)C1=C(C)N=c2sc(=Cc3cc(Br)ccc3OCc3c(F)cccc3Cl)c(=O)n2[C@H]1c1ccc(Cl)cc1. The van der Waals surface area contributed by atoms with Gasteiger partial charge >= 0.3 is 5.97 Å². The van der Waals surface area contributed by atoms with Gasteiger partial charge in [0, 0.05) is 20.6 Å². The summed E-state index contributed by atoms with van der Waals surface area (Å²) in [5, 5.41) is 0.783. The number of allylic oxidation sites excluding steroid dienone is 1. The highest BCUT2D eigenvalue weighted by molar-refractivity contribution is 9.10. The van der Waals surface area contributed by atoms with Crippen LogP contribution in [0.25, 0.3) is 6.08 Å².